The normalized spacial score (nSPS) is 17.1. The van der Waals surface area contributed by atoms with Gasteiger partial charge in [-0.1, -0.05) is 12.1 Å². The van der Waals surface area contributed by atoms with Crippen molar-refractivity contribution in [2.45, 2.75) is 11.3 Å². The predicted molar refractivity (Wildman–Crippen MR) is 99.7 cm³/mol. The molecule has 0 bridgehead atoms. The number of nitrogens with zero attached hydrogens (tertiary/aromatic N) is 2. The highest BCUT2D eigenvalue weighted by Gasteiger charge is 2.26. The van der Waals surface area contributed by atoms with E-state index >= 15 is 0 Å². The SMILES string of the molecule is COc1ccccc1N1CC[C@@H](CNS(=O)(=O)c2ccc(C#N)cc2)C1. The Balaban J connectivity index is 1.61. The van der Waals surface area contributed by atoms with Crippen LogP contribution in [-0.4, -0.2) is 35.2 Å². The van der Waals surface area contributed by atoms with Crippen LogP contribution in [0.4, 0.5) is 5.69 Å². The third kappa shape index (κ3) is 3.98. The van der Waals surface area contributed by atoms with Crippen molar-refractivity contribution in [2.24, 2.45) is 5.92 Å². The van der Waals surface area contributed by atoms with Crippen molar-refractivity contribution in [3.63, 3.8) is 0 Å². The monoisotopic (exact) mass is 371 g/mol. The van der Waals surface area contributed by atoms with E-state index in [4.69, 9.17) is 10.00 Å². The molecule has 0 spiro atoms. The summed E-state index contributed by atoms with van der Waals surface area (Å²) in [6.45, 7) is 2.02. The van der Waals surface area contributed by atoms with Crippen LogP contribution in [0.5, 0.6) is 5.75 Å². The first-order valence-electron chi connectivity index (χ1n) is 8.41. The van der Waals surface area contributed by atoms with Crippen molar-refractivity contribution >= 4 is 15.7 Å². The van der Waals surface area contributed by atoms with Gasteiger partial charge in [-0.05, 0) is 48.7 Å². The maximum atomic E-state index is 12.4. The third-order valence-electron chi connectivity index (χ3n) is 4.57. The zero-order chi connectivity index (χ0) is 18.6. The van der Waals surface area contributed by atoms with Crippen LogP contribution in [-0.2, 0) is 10.0 Å². The lowest BCUT2D eigenvalue weighted by Gasteiger charge is -2.21. The molecule has 1 N–H and O–H groups in total. The van der Waals surface area contributed by atoms with Crippen molar-refractivity contribution < 1.29 is 13.2 Å². The summed E-state index contributed by atoms with van der Waals surface area (Å²) in [5.74, 6) is 1.05. The average Bonchev–Trinajstić information content (AvgIpc) is 3.15. The van der Waals surface area contributed by atoms with E-state index in [9.17, 15) is 8.42 Å². The molecule has 26 heavy (non-hydrogen) atoms. The molecule has 0 radical (unpaired) electrons. The van der Waals surface area contributed by atoms with Gasteiger partial charge in [0, 0.05) is 19.6 Å². The van der Waals surface area contributed by atoms with Crippen LogP contribution in [0.25, 0.3) is 0 Å². The quantitative estimate of drug-likeness (QED) is 0.843. The molecular formula is C19H21N3O3S. The third-order valence-corrected chi connectivity index (χ3v) is 6.01. The molecule has 0 aromatic heterocycles. The Labute approximate surface area is 154 Å². The van der Waals surface area contributed by atoms with E-state index in [1.807, 2.05) is 30.3 Å². The molecule has 1 heterocycles. The predicted octanol–water partition coefficient (Wildman–Crippen LogP) is 2.37. The van der Waals surface area contributed by atoms with Crippen LogP contribution in [0.15, 0.2) is 53.4 Å². The molecule has 1 aliphatic rings. The molecule has 0 unspecified atom stereocenters. The molecule has 0 aliphatic carbocycles. The number of anilines is 1. The van der Waals surface area contributed by atoms with Gasteiger partial charge in [-0.15, -0.1) is 0 Å². The van der Waals surface area contributed by atoms with E-state index in [-0.39, 0.29) is 10.8 Å². The number of nitrogens with one attached hydrogen (secondary N) is 1. The summed E-state index contributed by atoms with van der Waals surface area (Å²) in [4.78, 5) is 2.40. The van der Waals surface area contributed by atoms with Crippen LogP contribution in [0.3, 0.4) is 0 Å². The number of sulfonamides is 1. The summed E-state index contributed by atoms with van der Waals surface area (Å²) < 4.78 is 32.9. The molecule has 2 aromatic rings. The first kappa shape index (κ1) is 18.2. The van der Waals surface area contributed by atoms with Crippen LogP contribution in [0.2, 0.25) is 0 Å². The smallest absolute Gasteiger partial charge is 0.240 e. The van der Waals surface area contributed by atoms with Gasteiger partial charge in [0.2, 0.25) is 10.0 Å². The van der Waals surface area contributed by atoms with Crippen molar-refractivity contribution in [3.8, 4) is 11.8 Å². The van der Waals surface area contributed by atoms with Crippen LogP contribution in [0, 0.1) is 17.2 Å². The Kier molecular flexibility index (Phi) is 5.45. The Morgan fingerprint density at radius 3 is 2.65 bits per heavy atom. The number of nitriles is 1. The van der Waals surface area contributed by atoms with Gasteiger partial charge in [-0.3, -0.25) is 0 Å². The first-order valence-corrected chi connectivity index (χ1v) is 9.89. The van der Waals surface area contributed by atoms with Gasteiger partial charge in [0.15, 0.2) is 0 Å². The Hall–Kier alpha value is -2.56. The van der Waals surface area contributed by atoms with Crippen molar-refractivity contribution in [1.29, 1.82) is 5.26 Å². The second-order valence-corrected chi connectivity index (χ2v) is 8.03. The molecule has 0 amide bonds. The van der Waals surface area contributed by atoms with Crippen molar-refractivity contribution in [2.75, 3.05) is 31.6 Å². The number of rotatable bonds is 6. The van der Waals surface area contributed by atoms with E-state index in [0.29, 0.717) is 12.1 Å². The molecule has 0 saturated carbocycles. The zero-order valence-corrected chi connectivity index (χ0v) is 15.4. The lowest BCUT2D eigenvalue weighted by atomic mass is 10.1. The van der Waals surface area contributed by atoms with E-state index in [0.717, 1.165) is 30.9 Å². The van der Waals surface area contributed by atoms with Gasteiger partial charge in [-0.2, -0.15) is 5.26 Å². The van der Waals surface area contributed by atoms with Crippen LogP contribution >= 0.6 is 0 Å². The maximum Gasteiger partial charge on any atom is 0.240 e. The number of methoxy groups -OCH3 is 1. The Bertz CT molecular complexity index is 904. The minimum absolute atomic E-state index is 0.177. The van der Waals surface area contributed by atoms with E-state index in [1.54, 1.807) is 7.11 Å². The van der Waals surface area contributed by atoms with Gasteiger partial charge >= 0.3 is 0 Å². The number of para-hydroxylation sites is 2. The average molecular weight is 371 g/mol. The summed E-state index contributed by atoms with van der Waals surface area (Å²) in [6.07, 6.45) is 0.911. The Morgan fingerprint density at radius 2 is 1.96 bits per heavy atom. The van der Waals surface area contributed by atoms with Crippen LogP contribution < -0.4 is 14.4 Å². The standard InChI is InChI=1S/C19H21N3O3S/c1-25-19-5-3-2-4-18(19)22-11-10-16(14-22)13-21-26(23,24)17-8-6-15(12-20)7-9-17/h2-9,16,21H,10-11,13-14H2,1H3/t16-/m0/s1. The molecule has 1 saturated heterocycles. The maximum absolute atomic E-state index is 12.4. The molecule has 1 atom stereocenters. The summed E-state index contributed by atoms with van der Waals surface area (Å²) in [6, 6.07) is 15.8. The highest BCUT2D eigenvalue weighted by atomic mass is 32.2. The fourth-order valence-corrected chi connectivity index (χ4v) is 4.24. The second kappa shape index (κ2) is 7.77. The van der Waals surface area contributed by atoms with Crippen molar-refractivity contribution in [3.05, 3.63) is 54.1 Å². The topological polar surface area (TPSA) is 82.4 Å². The van der Waals surface area contributed by atoms with E-state index < -0.39 is 10.0 Å². The first-order chi connectivity index (χ1) is 12.5. The molecule has 7 heteroatoms. The summed E-state index contributed by atoms with van der Waals surface area (Å²) in [5.41, 5.74) is 1.47. The molecule has 6 nitrogen and oxygen atoms in total. The lowest BCUT2D eigenvalue weighted by molar-refractivity contribution is 0.414. The van der Waals surface area contributed by atoms with Gasteiger partial charge in [0.05, 0.1) is 29.3 Å². The number of ether oxygens (including phenoxy) is 1. The number of hydrogen-bond acceptors (Lipinski definition) is 5. The minimum atomic E-state index is -3.57. The number of hydrogen-bond donors (Lipinski definition) is 1. The molecule has 1 aliphatic heterocycles. The summed E-state index contributed by atoms with van der Waals surface area (Å²) >= 11 is 0. The molecule has 2 aromatic carbocycles. The van der Waals surface area contributed by atoms with E-state index in [1.165, 1.54) is 24.3 Å². The second-order valence-electron chi connectivity index (χ2n) is 6.26. The summed E-state index contributed by atoms with van der Waals surface area (Å²) in [5, 5.41) is 8.81. The van der Waals surface area contributed by atoms with Gasteiger partial charge < -0.3 is 9.64 Å². The molecule has 136 valence electrons. The van der Waals surface area contributed by atoms with Gasteiger partial charge in [0.25, 0.3) is 0 Å². The largest absolute Gasteiger partial charge is 0.495 e. The summed E-state index contributed by atoms with van der Waals surface area (Å²) in [7, 11) is -1.92. The van der Waals surface area contributed by atoms with Crippen LogP contribution in [0.1, 0.15) is 12.0 Å². The zero-order valence-electron chi connectivity index (χ0n) is 14.6. The minimum Gasteiger partial charge on any atom is -0.495 e. The molecular weight excluding hydrogens is 350 g/mol. The Morgan fingerprint density at radius 1 is 1.23 bits per heavy atom. The fraction of sp³-hybridized carbons (Fsp3) is 0.316. The highest BCUT2D eigenvalue weighted by Crippen LogP contribution is 2.31. The van der Waals surface area contributed by atoms with Gasteiger partial charge in [-0.25, -0.2) is 13.1 Å². The highest BCUT2D eigenvalue weighted by molar-refractivity contribution is 7.89. The van der Waals surface area contributed by atoms with E-state index in [2.05, 4.69) is 9.62 Å². The molecule has 1 fully saturated rings. The lowest BCUT2D eigenvalue weighted by Crippen LogP contribution is -2.31. The number of benzene rings is 2. The molecule has 3 rings (SSSR count). The van der Waals surface area contributed by atoms with Gasteiger partial charge in [0.1, 0.15) is 5.75 Å². The fourth-order valence-electron chi connectivity index (χ4n) is 3.13. The van der Waals surface area contributed by atoms with Crippen molar-refractivity contribution in [1.82, 2.24) is 4.72 Å².